The molecule has 0 aromatic carbocycles. The lowest BCUT2D eigenvalue weighted by molar-refractivity contribution is -0.382. The van der Waals surface area contributed by atoms with E-state index in [0.29, 0.717) is 44.9 Å². The summed E-state index contributed by atoms with van der Waals surface area (Å²) in [5, 5.41) is 173. The molecule has 494 valence electrons. The molecule has 5 aliphatic heterocycles. The van der Waals surface area contributed by atoms with Crippen LogP contribution in [0.4, 0.5) is 0 Å². The van der Waals surface area contributed by atoms with E-state index in [1.807, 2.05) is 13.8 Å². The van der Waals surface area contributed by atoms with Crippen LogP contribution in [0, 0.1) is 50.2 Å². The van der Waals surface area contributed by atoms with E-state index in [2.05, 4.69) is 40.7 Å². The Labute approximate surface area is 499 Å². The zero-order chi connectivity index (χ0) is 62.9. The molecule has 0 bridgehead atoms. The highest BCUT2D eigenvalue weighted by molar-refractivity contribution is 5.79. The van der Waals surface area contributed by atoms with Crippen LogP contribution >= 0.6 is 0 Å². The minimum absolute atomic E-state index is 0.0640. The van der Waals surface area contributed by atoms with Gasteiger partial charge in [-0.1, -0.05) is 60.1 Å². The van der Waals surface area contributed by atoms with Gasteiger partial charge in [0.15, 0.2) is 25.2 Å². The maximum absolute atomic E-state index is 15.2. The predicted octanol–water partition coefficient (Wildman–Crippen LogP) is -3.57. The first-order valence-corrected chi connectivity index (χ1v) is 30.7. The largest absolute Gasteiger partial charge is 0.432 e. The monoisotopic (exact) mass is 1240 g/mol. The number of aliphatic hydroxyl groups excluding tert-OH is 16. The Morgan fingerprint density at radius 3 is 1.74 bits per heavy atom. The van der Waals surface area contributed by atoms with E-state index in [4.69, 9.17) is 47.4 Å². The van der Waals surface area contributed by atoms with Crippen molar-refractivity contribution < 1.29 is 134 Å². The van der Waals surface area contributed by atoms with Gasteiger partial charge in [-0.15, -0.1) is 0 Å². The van der Waals surface area contributed by atoms with Crippen LogP contribution in [0.25, 0.3) is 0 Å². The van der Waals surface area contributed by atoms with Crippen LogP contribution in [0.1, 0.15) is 113 Å². The van der Waals surface area contributed by atoms with Crippen molar-refractivity contribution in [3.63, 3.8) is 0 Å². The first-order valence-electron chi connectivity index (χ1n) is 30.7. The minimum atomic E-state index is -1.92. The lowest BCUT2D eigenvalue weighted by Gasteiger charge is -2.71. The van der Waals surface area contributed by atoms with Gasteiger partial charge in [0, 0.05) is 5.92 Å². The lowest BCUT2D eigenvalue weighted by atomic mass is 9.33. The van der Waals surface area contributed by atoms with E-state index >= 15 is 4.79 Å². The van der Waals surface area contributed by atoms with Crippen molar-refractivity contribution in [1.29, 1.82) is 0 Å². The maximum atomic E-state index is 15.2. The molecule has 27 heteroatoms. The number of carbonyl (C=O) groups excluding carboxylic acids is 1. The Morgan fingerprint density at radius 1 is 0.547 bits per heavy atom. The molecule has 86 heavy (non-hydrogen) atoms. The van der Waals surface area contributed by atoms with Gasteiger partial charge in [0.05, 0.1) is 50.2 Å². The number of carbonyl (C=O) groups is 1. The fraction of sp³-hybridized carbons (Fsp3) is 0.949. The summed E-state index contributed by atoms with van der Waals surface area (Å²) in [7, 11) is 0. The number of hydrogen-bond donors (Lipinski definition) is 16. The summed E-state index contributed by atoms with van der Waals surface area (Å²) in [5.74, 6) is -1.30. The highest BCUT2D eigenvalue weighted by Gasteiger charge is 2.72. The summed E-state index contributed by atoms with van der Waals surface area (Å²) >= 11 is 0. The molecule has 27 nitrogen and oxygen atoms in total. The highest BCUT2D eigenvalue weighted by Crippen LogP contribution is 2.76. The molecule has 9 fully saturated rings. The molecule has 0 spiro atoms. The standard InChI is InChI=1S/C59H96O27/c1-23-33(63)45(84-49-42(72)39(69)36(66)27(20-61)81-49)44(74)51(79-23)85-46-34(64)25(62)21-77-52(46)83-31-12-13-56(6)29(55(31,4)5)11-14-58(8)30(56)10-9-24-32-47(75)54(2,3)15-17-59(32,18-16-57(24,58)7)53(76)86-50-43(73)40(70)37(67)28(82-50)22-78-48-41(71)38(68)35(65)26(19-60)80-48/h9,23,25-52,60-75H,10-22H2,1-8H3/t23-,25+,26+,27+,28+,29-,30+,31-,32+,33-,34-,35+,36+,37+,38-,39-,40-,41+,42+,43+,44+,45+,46+,47-,48+,49-,50-,51-,52-,56-,57+,58+,59-/m0/s1. The molecule has 10 rings (SSSR count). The van der Waals surface area contributed by atoms with Gasteiger partial charge in [0.25, 0.3) is 0 Å². The topological polar surface area (TPSA) is 433 Å². The molecule has 0 radical (unpaired) electrons. The van der Waals surface area contributed by atoms with Crippen LogP contribution in [0.15, 0.2) is 11.6 Å². The predicted molar refractivity (Wildman–Crippen MR) is 289 cm³/mol. The van der Waals surface area contributed by atoms with Crippen molar-refractivity contribution in [2.75, 3.05) is 26.4 Å². The number of esters is 1. The Hall–Kier alpha value is -1.79. The minimum Gasteiger partial charge on any atom is -0.432 e. The molecule has 5 heterocycles. The third-order valence-corrected chi connectivity index (χ3v) is 23.3. The fourth-order valence-electron chi connectivity index (χ4n) is 17.5. The Kier molecular flexibility index (Phi) is 19.2. The van der Waals surface area contributed by atoms with Gasteiger partial charge in [0.1, 0.15) is 110 Å². The second-order valence-electron chi connectivity index (χ2n) is 28.6. The van der Waals surface area contributed by atoms with Crippen LogP contribution < -0.4 is 0 Å². The zero-order valence-electron chi connectivity index (χ0n) is 50.2. The molecule has 0 aromatic rings. The molecule has 5 saturated heterocycles. The van der Waals surface area contributed by atoms with Gasteiger partial charge in [0.2, 0.25) is 6.29 Å². The normalized spacial score (nSPS) is 54.5. The van der Waals surface area contributed by atoms with Crippen molar-refractivity contribution in [3.8, 4) is 0 Å². The number of ether oxygens (including phenoxy) is 10. The molecule has 5 aliphatic carbocycles. The van der Waals surface area contributed by atoms with Crippen molar-refractivity contribution in [2.24, 2.45) is 50.2 Å². The zero-order valence-corrected chi connectivity index (χ0v) is 50.2. The Balaban J connectivity index is 0.849. The van der Waals surface area contributed by atoms with E-state index in [-0.39, 0.29) is 29.3 Å². The highest BCUT2D eigenvalue weighted by atomic mass is 16.8. The summed E-state index contributed by atoms with van der Waals surface area (Å²) in [6, 6.07) is 0. The van der Waals surface area contributed by atoms with Crippen molar-refractivity contribution in [3.05, 3.63) is 11.6 Å². The number of hydrogen-bond acceptors (Lipinski definition) is 27. The first-order chi connectivity index (χ1) is 40.2. The van der Waals surface area contributed by atoms with Crippen molar-refractivity contribution in [2.45, 2.75) is 273 Å². The van der Waals surface area contributed by atoms with Crippen molar-refractivity contribution >= 4 is 5.97 Å². The van der Waals surface area contributed by atoms with Gasteiger partial charge < -0.3 is 129 Å². The second-order valence-corrected chi connectivity index (χ2v) is 28.6. The summed E-state index contributed by atoms with van der Waals surface area (Å²) in [4.78, 5) is 15.2. The van der Waals surface area contributed by atoms with Crippen LogP contribution in [-0.4, -0.2) is 274 Å². The lowest BCUT2D eigenvalue weighted by Crippen LogP contribution is -2.67. The van der Waals surface area contributed by atoms with Gasteiger partial charge in [-0.25, -0.2) is 0 Å². The fourth-order valence-corrected chi connectivity index (χ4v) is 17.5. The molecule has 4 saturated carbocycles. The van der Waals surface area contributed by atoms with E-state index in [1.165, 1.54) is 6.92 Å². The number of fused-ring (bicyclic) bond motifs is 7. The molecular weight excluding hydrogens is 1140 g/mol. The van der Waals surface area contributed by atoms with E-state index in [0.717, 1.165) is 18.4 Å². The SMILES string of the molecule is C[C@@H]1O[C@@H](O[C@H]2[C@H](O[C@H]3CC[C@]4(C)[C@H]5CC=C6[C@@H]7[C@H](O)C(C)(C)CC[C@]7(C(=O)O[C@@H]7O[C@H](CO[C@@H]8O[C@H](CO)[C@@H](O)[C@H](O)[C@H]8O)[C@@H](O)[C@H](O)[C@H]7O)CC[C@@]6(C)[C@]5(C)CC[C@H]4C3(C)C)OC[C@@H](O)[C@@H]2O)[C@H](O)[C@H](O[C@@H]2O[C@H](CO)[C@@H](O)[C@H](O)[C@H]2O)[C@H]1O. The molecule has 33 atom stereocenters. The number of rotatable bonds is 13. The summed E-state index contributed by atoms with van der Waals surface area (Å²) < 4.78 is 59.6. The number of allylic oxidation sites excluding steroid dienone is 1. The van der Waals surface area contributed by atoms with Crippen LogP contribution in [0.2, 0.25) is 0 Å². The molecule has 0 aromatic heterocycles. The maximum Gasteiger partial charge on any atom is 0.315 e. The van der Waals surface area contributed by atoms with Gasteiger partial charge in [-0.05, 0) is 104 Å². The Morgan fingerprint density at radius 2 is 1.10 bits per heavy atom. The summed E-state index contributed by atoms with van der Waals surface area (Å²) in [5.41, 5.74) is -2.69. The quantitative estimate of drug-likeness (QED) is 0.0482. The third-order valence-electron chi connectivity index (χ3n) is 23.3. The van der Waals surface area contributed by atoms with Crippen LogP contribution in [-0.2, 0) is 52.2 Å². The van der Waals surface area contributed by atoms with Gasteiger partial charge in [-0.3, -0.25) is 4.79 Å². The summed E-state index contributed by atoms with van der Waals surface area (Å²) in [6.07, 6.45) is -33.2. The second kappa shape index (κ2) is 24.6. The molecule has 0 unspecified atom stereocenters. The average molecular weight is 1240 g/mol. The molecule has 16 N–H and O–H groups in total. The van der Waals surface area contributed by atoms with Gasteiger partial charge in [-0.2, -0.15) is 0 Å². The molecular formula is C59H96O27. The van der Waals surface area contributed by atoms with E-state index < -0.39 is 213 Å². The van der Waals surface area contributed by atoms with E-state index in [9.17, 15) is 81.7 Å². The Bertz CT molecular complexity index is 2400. The number of aliphatic hydroxyl groups is 16. The summed E-state index contributed by atoms with van der Waals surface area (Å²) in [6.45, 7) is 14.2. The van der Waals surface area contributed by atoms with E-state index in [1.54, 1.807) is 0 Å². The van der Waals surface area contributed by atoms with Crippen LogP contribution in [0.5, 0.6) is 0 Å². The van der Waals surface area contributed by atoms with Crippen LogP contribution in [0.3, 0.4) is 0 Å². The van der Waals surface area contributed by atoms with Crippen molar-refractivity contribution in [1.82, 2.24) is 0 Å². The average Bonchev–Trinajstić information content (AvgIpc) is 0.685. The smallest absolute Gasteiger partial charge is 0.315 e. The molecule has 10 aliphatic rings. The third kappa shape index (κ3) is 11.0. The van der Waals surface area contributed by atoms with Gasteiger partial charge >= 0.3 is 5.97 Å². The molecule has 0 amide bonds. The first kappa shape index (κ1) is 67.1.